The van der Waals surface area contributed by atoms with Crippen LogP contribution in [0.1, 0.15) is 42.9 Å². The van der Waals surface area contributed by atoms with Crippen molar-refractivity contribution in [2.45, 2.75) is 39.0 Å². The van der Waals surface area contributed by atoms with Crippen LogP contribution in [0, 0.1) is 0 Å². The lowest BCUT2D eigenvalue weighted by Crippen LogP contribution is -2.18. The van der Waals surface area contributed by atoms with Crippen LogP contribution < -0.4 is 10.1 Å². The Morgan fingerprint density at radius 3 is 2.74 bits per heavy atom. The average Bonchev–Trinajstić information content (AvgIpc) is 2.55. The molecular formula is C20H23NO2. The van der Waals surface area contributed by atoms with Crippen molar-refractivity contribution >= 4 is 11.7 Å². The number of nitrogens with one attached hydrogen (secondary N) is 1. The Morgan fingerprint density at radius 2 is 1.96 bits per heavy atom. The van der Waals surface area contributed by atoms with Crippen molar-refractivity contribution in [2.75, 3.05) is 11.9 Å². The van der Waals surface area contributed by atoms with Gasteiger partial charge in [-0.3, -0.25) is 4.79 Å². The second kappa shape index (κ2) is 6.86. The van der Waals surface area contributed by atoms with Gasteiger partial charge in [0.2, 0.25) is 0 Å². The van der Waals surface area contributed by atoms with Gasteiger partial charge in [0, 0.05) is 18.3 Å². The van der Waals surface area contributed by atoms with E-state index in [-0.39, 0.29) is 11.9 Å². The molecule has 23 heavy (non-hydrogen) atoms. The second-order valence-electron chi connectivity index (χ2n) is 6.13. The third kappa shape index (κ3) is 3.55. The Morgan fingerprint density at radius 1 is 1.17 bits per heavy atom. The molecule has 0 radical (unpaired) electrons. The van der Waals surface area contributed by atoms with Crippen LogP contribution >= 0.6 is 0 Å². The molecule has 1 aliphatic heterocycles. The fourth-order valence-corrected chi connectivity index (χ4v) is 3.15. The fraction of sp³-hybridized carbons (Fsp3) is 0.350. The van der Waals surface area contributed by atoms with Crippen molar-refractivity contribution in [1.82, 2.24) is 0 Å². The minimum absolute atomic E-state index is 0.140. The maximum Gasteiger partial charge on any atom is 0.311 e. The number of benzene rings is 2. The maximum absolute atomic E-state index is 11.6. The monoisotopic (exact) mass is 309 g/mol. The first-order chi connectivity index (χ1) is 11.2. The molecule has 1 unspecified atom stereocenters. The minimum Gasteiger partial charge on any atom is -0.426 e. The van der Waals surface area contributed by atoms with Gasteiger partial charge in [0.15, 0.2) is 0 Å². The Bertz CT molecular complexity index is 709. The lowest BCUT2D eigenvalue weighted by Gasteiger charge is -2.22. The number of esters is 1. The van der Waals surface area contributed by atoms with Crippen LogP contribution in [0.2, 0.25) is 0 Å². The Kier molecular flexibility index (Phi) is 4.65. The van der Waals surface area contributed by atoms with Crippen LogP contribution in [0.4, 0.5) is 5.69 Å². The average molecular weight is 309 g/mol. The predicted molar refractivity (Wildman–Crippen MR) is 93.1 cm³/mol. The van der Waals surface area contributed by atoms with Crippen LogP contribution in [-0.4, -0.2) is 12.5 Å². The summed E-state index contributed by atoms with van der Waals surface area (Å²) in [5, 5.41) is 3.43. The number of hydrogen-bond donors (Lipinski definition) is 1. The van der Waals surface area contributed by atoms with Crippen LogP contribution in [0.5, 0.6) is 5.75 Å². The van der Waals surface area contributed by atoms with E-state index in [9.17, 15) is 4.79 Å². The van der Waals surface area contributed by atoms with E-state index in [1.807, 2.05) is 6.07 Å². The van der Waals surface area contributed by atoms with Gasteiger partial charge in [-0.05, 0) is 41.5 Å². The molecule has 2 aromatic carbocycles. The number of anilines is 1. The van der Waals surface area contributed by atoms with E-state index in [1.165, 1.54) is 11.1 Å². The summed E-state index contributed by atoms with van der Waals surface area (Å²) in [6.07, 6.45) is 2.51. The summed E-state index contributed by atoms with van der Waals surface area (Å²) in [6, 6.07) is 14.6. The van der Waals surface area contributed by atoms with Crippen molar-refractivity contribution in [2.24, 2.45) is 0 Å². The number of hydrogen-bond acceptors (Lipinski definition) is 3. The van der Waals surface area contributed by atoms with E-state index >= 15 is 0 Å². The number of carbonyl (C=O) groups is 1. The third-order valence-corrected chi connectivity index (χ3v) is 4.46. The first-order valence-corrected chi connectivity index (χ1v) is 8.32. The Labute approximate surface area is 137 Å². The van der Waals surface area contributed by atoms with Crippen LogP contribution in [0.3, 0.4) is 0 Å². The number of aryl methyl sites for hydroxylation is 1. The molecule has 0 saturated carbocycles. The molecule has 1 atom stereocenters. The van der Waals surface area contributed by atoms with Gasteiger partial charge < -0.3 is 10.1 Å². The number of ether oxygens (including phenoxy) is 1. The molecule has 0 aromatic heterocycles. The second-order valence-corrected chi connectivity index (χ2v) is 6.13. The highest BCUT2D eigenvalue weighted by Crippen LogP contribution is 2.35. The zero-order valence-electron chi connectivity index (χ0n) is 13.8. The standard InChI is InChI=1S/C20H23NO2/c1-3-15-6-4-5-7-16(15)10-11-21-17-8-9-18-14(2)12-20(22)23-19(18)13-17/h4-9,13-14,21H,3,10-12H2,1-2H3. The molecule has 3 heteroatoms. The highest BCUT2D eigenvalue weighted by atomic mass is 16.5. The van der Waals surface area contributed by atoms with Crippen LogP contribution in [0.15, 0.2) is 42.5 Å². The summed E-state index contributed by atoms with van der Waals surface area (Å²) in [5.41, 5.74) is 4.91. The molecule has 0 spiro atoms. The van der Waals surface area contributed by atoms with Crippen molar-refractivity contribution in [3.8, 4) is 5.75 Å². The molecule has 1 N–H and O–H groups in total. The largest absolute Gasteiger partial charge is 0.426 e. The molecule has 0 saturated heterocycles. The molecule has 120 valence electrons. The summed E-state index contributed by atoms with van der Waals surface area (Å²) in [4.78, 5) is 11.6. The first kappa shape index (κ1) is 15.6. The molecule has 3 rings (SSSR count). The normalized spacial score (nSPS) is 16.6. The molecule has 2 aromatic rings. The van der Waals surface area contributed by atoms with Gasteiger partial charge in [-0.2, -0.15) is 0 Å². The summed E-state index contributed by atoms with van der Waals surface area (Å²) in [5.74, 6) is 0.795. The molecule has 0 fully saturated rings. The fourth-order valence-electron chi connectivity index (χ4n) is 3.15. The molecule has 1 heterocycles. The van der Waals surface area contributed by atoms with E-state index in [2.05, 4.69) is 55.6 Å². The molecule has 3 nitrogen and oxygen atoms in total. The highest BCUT2D eigenvalue weighted by Gasteiger charge is 2.23. The van der Waals surface area contributed by atoms with E-state index in [1.54, 1.807) is 0 Å². The van der Waals surface area contributed by atoms with Gasteiger partial charge in [0.25, 0.3) is 0 Å². The lowest BCUT2D eigenvalue weighted by atomic mass is 9.94. The Hall–Kier alpha value is -2.29. The quantitative estimate of drug-likeness (QED) is 0.660. The summed E-state index contributed by atoms with van der Waals surface area (Å²) >= 11 is 0. The summed E-state index contributed by atoms with van der Waals surface area (Å²) in [7, 11) is 0. The maximum atomic E-state index is 11.6. The van der Waals surface area contributed by atoms with Gasteiger partial charge in [0.1, 0.15) is 5.75 Å². The predicted octanol–water partition coefficient (Wildman–Crippen LogP) is 4.32. The minimum atomic E-state index is -0.140. The topological polar surface area (TPSA) is 38.3 Å². The summed E-state index contributed by atoms with van der Waals surface area (Å²) in [6.45, 7) is 5.11. The number of fused-ring (bicyclic) bond motifs is 1. The SMILES string of the molecule is CCc1ccccc1CCNc1ccc2c(c1)OC(=O)CC2C. The van der Waals surface area contributed by atoms with Crippen LogP contribution in [-0.2, 0) is 17.6 Å². The first-order valence-electron chi connectivity index (χ1n) is 8.32. The van der Waals surface area contributed by atoms with Crippen molar-refractivity contribution < 1.29 is 9.53 Å². The van der Waals surface area contributed by atoms with Crippen molar-refractivity contribution in [3.63, 3.8) is 0 Å². The smallest absolute Gasteiger partial charge is 0.311 e. The molecular weight excluding hydrogens is 286 g/mol. The number of rotatable bonds is 5. The van der Waals surface area contributed by atoms with Gasteiger partial charge >= 0.3 is 5.97 Å². The van der Waals surface area contributed by atoms with E-state index < -0.39 is 0 Å². The zero-order valence-corrected chi connectivity index (χ0v) is 13.8. The van der Waals surface area contributed by atoms with Gasteiger partial charge in [-0.25, -0.2) is 0 Å². The van der Waals surface area contributed by atoms with E-state index in [0.29, 0.717) is 12.2 Å². The van der Waals surface area contributed by atoms with Crippen molar-refractivity contribution in [3.05, 3.63) is 59.2 Å². The van der Waals surface area contributed by atoms with Gasteiger partial charge in [-0.15, -0.1) is 0 Å². The van der Waals surface area contributed by atoms with Gasteiger partial charge in [0.05, 0.1) is 6.42 Å². The summed E-state index contributed by atoms with van der Waals surface area (Å²) < 4.78 is 5.37. The molecule has 0 aliphatic carbocycles. The van der Waals surface area contributed by atoms with E-state index in [4.69, 9.17) is 4.74 Å². The van der Waals surface area contributed by atoms with Gasteiger partial charge in [-0.1, -0.05) is 44.2 Å². The van der Waals surface area contributed by atoms with Crippen LogP contribution in [0.25, 0.3) is 0 Å². The Balaban J connectivity index is 1.65. The third-order valence-electron chi connectivity index (χ3n) is 4.46. The molecule has 1 aliphatic rings. The zero-order chi connectivity index (χ0) is 16.2. The molecule has 0 bridgehead atoms. The number of carbonyl (C=O) groups excluding carboxylic acids is 1. The molecule has 0 amide bonds. The highest BCUT2D eigenvalue weighted by molar-refractivity contribution is 5.77. The van der Waals surface area contributed by atoms with Crippen molar-refractivity contribution in [1.29, 1.82) is 0 Å². The lowest BCUT2D eigenvalue weighted by molar-refractivity contribution is -0.135. The van der Waals surface area contributed by atoms with E-state index in [0.717, 1.165) is 30.6 Å².